The third kappa shape index (κ3) is 3.76. The highest BCUT2D eigenvalue weighted by molar-refractivity contribution is 5.74. The maximum absolute atomic E-state index is 12.0. The van der Waals surface area contributed by atoms with Gasteiger partial charge in [0.1, 0.15) is 5.75 Å². The maximum Gasteiger partial charge on any atom is 0.573 e. The Labute approximate surface area is 113 Å². The number of alkyl halides is 3. The minimum Gasteiger partial charge on any atom is -0.481 e. The second-order valence-electron chi connectivity index (χ2n) is 4.61. The first-order valence-corrected chi connectivity index (χ1v) is 6.13. The number of rotatable bonds is 3. The lowest BCUT2D eigenvalue weighted by atomic mass is 9.87. The number of halogens is 3. The predicted molar refractivity (Wildman–Crippen MR) is 66.1 cm³/mol. The molecule has 1 N–H and O–H groups in total. The van der Waals surface area contributed by atoms with Crippen molar-refractivity contribution in [3.8, 4) is 5.75 Å². The molecule has 1 unspecified atom stereocenters. The molecule has 2 rings (SSSR count). The van der Waals surface area contributed by atoms with E-state index < -0.39 is 12.3 Å². The van der Waals surface area contributed by atoms with E-state index >= 15 is 0 Å². The summed E-state index contributed by atoms with van der Waals surface area (Å²) in [6.45, 7) is 0. The lowest BCUT2D eigenvalue weighted by Crippen LogP contribution is -2.17. The summed E-state index contributed by atoms with van der Waals surface area (Å²) in [7, 11) is 0. The van der Waals surface area contributed by atoms with Crippen molar-refractivity contribution in [2.75, 3.05) is 0 Å². The molecule has 0 saturated heterocycles. The van der Waals surface area contributed by atoms with Gasteiger partial charge in [-0.3, -0.25) is 4.79 Å². The summed E-state index contributed by atoms with van der Waals surface area (Å²) in [5, 5.41) is 8.89. The van der Waals surface area contributed by atoms with Crippen LogP contribution in [-0.4, -0.2) is 17.4 Å². The van der Waals surface area contributed by atoms with E-state index in [4.69, 9.17) is 5.11 Å². The number of hydrogen-bond acceptors (Lipinski definition) is 2. The second-order valence-corrected chi connectivity index (χ2v) is 4.61. The first-order valence-electron chi connectivity index (χ1n) is 6.13. The molecule has 1 aliphatic carbocycles. The number of benzene rings is 1. The zero-order chi connectivity index (χ0) is 14.8. The molecular formula is C14H13F3O3. The third-order valence-electron chi connectivity index (χ3n) is 3.22. The van der Waals surface area contributed by atoms with Gasteiger partial charge in [0.15, 0.2) is 0 Å². The van der Waals surface area contributed by atoms with Crippen molar-refractivity contribution in [2.24, 2.45) is 5.92 Å². The highest BCUT2D eigenvalue weighted by Gasteiger charge is 2.31. The van der Waals surface area contributed by atoms with Crippen molar-refractivity contribution < 1.29 is 27.8 Å². The van der Waals surface area contributed by atoms with Crippen LogP contribution in [0.5, 0.6) is 5.75 Å². The van der Waals surface area contributed by atoms with Crippen molar-refractivity contribution in [2.45, 2.75) is 25.6 Å². The topological polar surface area (TPSA) is 46.5 Å². The minimum absolute atomic E-state index is 0.263. The first-order chi connectivity index (χ1) is 9.35. The molecule has 1 atom stereocenters. The van der Waals surface area contributed by atoms with Crippen LogP contribution in [0.15, 0.2) is 30.3 Å². The molecule has 0 saturated carbocycles. The lowest BCUT2D eigenvalue weighted by Gasteiger charge is -2.19. The third-order valence-corrected chi connectivity index (χ3v) is 3.22. The Balaban J connectivity index is 2.06. The zero-order valence-electron chi connectivity index (χ0n) is 10.5. The van der Waals surface area contributed by atoms with Crippen molar-refractivity contribution in [1.82, 2.24) is 0 Å². The van der Waals surface area contributed by atoms with E-state index in [1.807, 2.05) is 6.08 Å². The summed E-state index contributed by atoms with van der Waals surface area (Å²) in [6.07, 6.45) is -1.26. The van der Waals surface area contributed by atoms with Crippen LogP contribution in [-0.2, 0) is 4.79 Å². The average Bonchev–Trinajstić information content (AvgIpc) is 2.38. The van der Waals surface area contributed by atoms with Gasteiger partial charge in [0.2, 0.25) is 0 Å². The Morgan fingerprint density at radius 3 is 2.35 bits per heavy atom. The molecule has 108 valence electrons. The summed E-state index contributed by atoms with van der Waals surface area (Å²) in [5.74, 6) is -1.44. The number of carbonyl (C=O) groups is 1. The van der Waals surface area contributed by atoms with Crippen LogP contribution < -0.4 is 4.74 Å². The van der Waals surface area contributed by atoms with Crippen molar-refractivity contribution in [3.63, 3.8) is 0 Å². The zero-order valence-corrected chi connectivity index (χ0v) is 10.5. The molecular weight excluding hydrogens is 273 g/mol. The molecule has 0 spiro atoms. The van der Waals surface area contributed by atoms with Crippen molar-refractivity contribution in [1.29, 1.82) is 0 Å². The summed E-state index contributed by atoms with van der Waals surface area (Å²) in [5.41, 5.74) is 1.75. The molecule has 0 amide bonds. The number of aliphatic carboxylic acids is 1. The van der Waals surface area contributed by atoms with E-state index in [0.29, 0.717) is 19.3 Å². The maximum atomic E-state index is 12.0. The summed E-state index contributed by atoms with van der Waals surface area (Å²) >= 11 is 0. The number of carboxylic acid groups (broad SMARTS) is 1. The van der Waals surface area contributed by atoms with E-state index in [0.717, 1.165) is 11.1 Å². The van der Waals surface area contributed by atoms with Gasteiger partial charge in [-0.1, -0.05) is 18.2 Å². The van der Waals surface area contributed by atoms with Gasteiger partial charge in [0.25, 0.3) is 0 Å². The molecule has 0 fully saturated rings. The largest absolute Gasteiger partial charge is 0.573 e. The first kappa shape index (κ1) is 14.4. The smallest absolute Gasteiger partial charge is 0.481 e. The van der Waals surface area contributed by atoms with Gasteiger partial charge in [0.05, 0.1) is 5.92 Å². The van der Waals surface area contributed by atoms with Gasteiger partial charge in [-0.25, -0.2) is 0 Å². The van der Waals surface area contributed by atoms with Crippen LogP contribution in [0.4, 0.5) is 13.2 Å². The van der Waals surface area contributed by atoms with Crippen molar-refractivity contribution >= 4 is 11.5 Å². The quantitative estimate of drug-likeness (QED) is 0.918. The molecule has 0 aromatic heterocycles. The fourth-order valence-corrected chi connectivity index (χ4v) is 2.19. The lowest BCUT2D eigenvalue weighted by molar-refractivity contribution is -0.274. The van der Waals surface area contributed by atoms with E-state index in [-0.39, 0.29) is 11.7 Å². The highest BCUT2D eigenvalue weighted by atomic mass is 19.4. The van der Waals surface area contributed by atoms with E-state index in [1.54, 1.807) is 12.1 Å². The van der Waals surface area contributed by atoms with Gasteiger partial charge in [-0.15, -0.1) is 13.2 Å². The molecule has 1 aromatic rings. The molecule has 0 bridgehead atoms. The van der Waals surface area contributed by atoms with Gasteiger partial charge in [-0.05, 0) is 42.5 Å². The Bertz CT molecular complexity index is 517. The molecule has 1 aromatic carbocycles. The normalized spacial score (nSPS) is 19.4. The molecule has 20 heavy (non-hydrogen) atoms. The van der Waals surface area contributed by atoms with E-state index in [9.17, 15) is 18.0 Å². The fourth-order valence-electron chi connectivity index (χ4n) is 2.19. The standard InChI is InChI=1S/C14H13F3O3/c15-14(16,17)20-12-7-5-10(6-8-12)9-1-3-11(4-2-9)13(18)19/h1,5-8,11H,2-4H2,(H,18,19). The van der Waals surface area contributed by atoms with Gasteiger partial charge >= 0.3 is 12.3 Å². The number of hydrogen-bond donors (Lipinski definition) is 1. The van der Waals surface area contributed by atoms with Crippen LogP contribution in [0, 0.1) is 5.92 Å². The molecule has 0 heterocycles. The molecule has 0 radical (unpaired) electrons. The Morgan fingerprint density at radius 1 is 1.25 bits per heavy atom. The Morgan fingerprint density at radius 2 is 1.90 bits per heavy atom. The van der Waals surface area contributed by atoms with Crippen LogP contribution in [0.1, 0.15) is 24.8 Å². The SMILES string of the molecule is O=C(O)C1CC=C(c2ccc(OC(F)(F)F)cc2)CC1. The van der Waals surface area contributed by atoms with Crippen LogP contribution in [0.3, 0.4) is 0 Å². The van der Waals surface area contributed by atoms with Crippen LogP contribution in [0.25, 0.3) is 5.57 Å². The number of ether oxygens (including phenoxy) is 1. The molecule has 3 nitrogen and oxygen atoms in total. The van der Waals surface area contributed by atoms with E-state index in [2.05, 4.69) is 4.74 Å². The van der Waals surface area contributed by atoms with Gasteiger partial charge < -0.3 is 9.84 Å². The Hall–Kier alpha value is -1.98. The number of allylic oxidation sites excluding steroid dienone is 2. The highest BCUT2D eigenvalue weighted by Crippen LogP contribution is 2.31. The predicted octanol–water partition coefficient (Wildman–Crippen LogP) is 3.85. The summed E-state index contributed by atoms with van der Waals surface area (Å²) < 4.78 is 39.9. The van der Waals surface area contributed by atoms with Gasteiger partial charge in [-0.2, -0.15) is 0 Å². The van der Waals surface area contributed by atoms with Gasteiger partial charge in [0, 0.05) is 0 Å². The summed E-state index contributed by atoms with van der Waals surface area (Å²) in [4.78, 5) is 10.8. The summed E-state index contributed by atoms with van der Waals surface area (Å²) in [6, 6.07) is 5.61. The average molecular weight is 286 g/mol. The van der Waals surface area contributed by atoms with Crippen molar-refractivity contribution in [3.05, 3.63) is 35.9 Å². The molecule has 0 aliphatic heterocycles. The van der Waals surface area contributed by atoms with E-state index in [1.165, 1.54) is 12.1 Å². The van der Waals surface area contributed by atoms with Crippen LogP contribution >= 0.6 is 0 Å². The molecule has 6 heteroatoms. The minimum atomic E-state index is -4.69. The molecule has 1 aliphatic rings. The fraction of sp³-hybridized carbons (Fsp3) is 0.357. The number of carboxylic acids is 1. The van der Waals surface area contributed by atoms with Crippen LogP contribution in [0.2, 0.25) is 0 Å². The monoisotopic (exact) mass is 286 g/mol. The second kappa shape index (κ2) is 5.56. The Kier molecular flexibility index (Phi) is 4.01.